The molecule has 1 aromatic heterocycles. The van der Waals surface area contributed by atoms with Gasteiger partial charge in [0, 0.05) is 12.1 Å². The van der Waals surface area contributed by atoms with Gasteiger partial charge >= 0.3 is 11.8 Å². The average Bonchev–Trinajstić information content (AvgIpc) is 3.20. The van der Waals surface area contributed by atoms with Crippen molar-refractivity contribution in [2.45, 2.75) is 13.2 Å². The average molecular weight is 382 g/mol. The second kappa shape index (κ2) is 8.67. The standard InChI is InChI=1S/C19H18N4O5/c1-26-14-8-4-2-6-12(14)10-21-18(25)19-22-16(23-28-19)11-27-15-9-5-3-7-13(15)17(20)24/h2-9H,10-11H2,1H3,(H2,20,24)(H,21,25). The lowest BCUT2D eigenvalue weighted by Gasteiger charge is -2.08. The molecule has 3 N–H and O–H groups in total. The minimum Gasteiger partial charge on any atom is -0.496 e. The van der Waals surface area contributed by atoms with Crippen molar-refractivity contribution in [2.75, 3.05) is 7.11 Å². The zero-order valence-electron chi connectivity index (χ0n) is 15.0. The van der Waals surface area contributed by atoms with Crippen molar-refractivity contribution in [1.82, 2.24) is 15.5 Å². The van der Waals surface area contributed by atoms with E-state index in [2.05, 4.69) is 15.5 Å². The van der Waals surface area contributed by atoms with Crippen LogP contribution in [0.25, 0.3) is 0 Å². The van der Waals surface area contributed by atoms with Gasteiger partial charge in [0.05, 0.1) is 12.7 Å². The molecule has 3 aromatic rings. The predicted molar refractivity (Wildman–Crippen MR) is 97.8 cm³/mol. The SMILES string of the molecule is COc1ccccc1CNC(=O)c1nc(COc2ccccc2C(N)=O)no1. The number of hydrogen-bond donors (Lipinski definition) is 2. The fourth-order valence-corrected chi connectivity index (χ4v) is 2.44. The summed E-state index contributed by atoms with van der Waals surface area (Å²) in [4.78, 5) is 27.6. The number of carbonyl (C=O) groups is 2. The topological polar surface area (TPSA) is 130 Å². The molecule has 0 saturated carbocycles. The number of primary amides is 1. The Kier molecular flexibility index (Phi) is 5.85. The number of methoxy groups -OCH3 is 1. The van der Waals surface area contributed by atoms with E-state index in [1.807, 2.05) is 18.2 Å². The molecule has 0 aliphatic rings. The van der Waals surface area contributed by atoms with Gasteiger partial charge in [-0.2, -0.15) is 4.98 Å². The summed E-state index contributed by atoms with van der Waals surface area (Å²) in [5, 5.41) is 6.39. The number of nitrogens with zero attached hydrogens (tertiary/aromatic N) is 2. The summed E-state index contributed by atoms with van der Waals surface area (Å²) >= 11 is 0. The first kappa shape index (κ1) is 18.9. The number of nitrogens with two attached hydrogens (primary N) is 1. The third-order valence-electron chi connectivity index (χ3n) is 3.80. The molecule has 9 nitrogen and oxygen atoms in total. The van der Waals surface area contributed by atoms with Crippen molar-refractivity contribution in [3.63, 3.8) is 0 Å². The van der Waals surface area contributed by atoms with Crippen LogP contribution in [0.5, 0.6) is 11.5 Å². The van der Waals surface area contributed by atoms with E-state index in [0.29, 0.717) is 11.5 Å². The van der Waals surface area contributed by atoms with Crippen LogP contribution in [0.4, 0.5) is 0 Å². The summed E-state index contributed by atoms with van der Waals surface area (Å²) in [6.45, 7) is 0.149. The summed E-state index contributed by atoms with van der Waals surface area (Å²) in [5.41, 5.74) is 6.35. The largest absolute Gasteiger partial charge is 0.496 e. The lowest BCUT2D eigenvalue weighted by molar-refractivity contribution is 0.0906. The summed E-state index contributed by atoms with van der Waals surface area (Å²) in [6.07, 6.45) is 0. The van der Waals surface area contributed by atoms with Crippen LogP contribution in [0, 0.1) is 0 Å². The Morgan fingerprint density at radius 1 is 1.11 bits per heavy atom. The zero-order chi connectivity index (χ0) is 19.9. The number of amides is 2. The fraction of sp³-hybridized carbons (Fsp3) is 0.158. The number of hydrogen-bond acceptors (Lipinski definition) is 7. The minimum atomic E-state index is -0.611. The molecule has 0 radical (unpaired) electrons. The molecule has 3 rings (SSSR count). The van der Waals surface area contributed by atoms with Crippen LogP contribution in [-0.2, 0) is 13.2 Å². The number of carbonyl (C=O) groups excluding carboxylic acids is 2. The Morgan fingerprint density at radius 3 is 2.57 bits per heavy atom. The van der Waals surface area contributed by atoms with Gasteiger partial charge in [-0.1, -0.05) is 35.5 Å². The van der Waals surface area contributed by atoms with E-state index in [0.717, 1.165) is 5.56 Å². The van der Waals surface area contributed by atoms with E-state index >= 15 is 0 Å². The van der Waals surface area contributed by atoms with Crippen molar-refractivity contribution in [3.8, 4) is 11.5 Å². The minimum absolute atomic E-state index is 0.0897. The highest BCUT2D eigenvalue weighted by atomic mass is 16.5. The van der Waals surface area contributed by atoms with Gasteiger partial charge in [0.25, 0.3) is 5.91 Å². The maximum Gasteiger partial charge on any atom is 0.316 e. The second-order valence-electron chi connectivity index (χ2n) is 5.66. The van der Waals surface area contributed by atoms with Crippen LogP contribution in [0.2, 0.25) is 0 Å². The molecule has 9 heteroatoms. The molecule has 0 bridgehead atoms. The molecule has 0 spiro atoms. The molecule has 0 aliphatic heterocycles. The monoisotopic (exact) mass is 382 g/mol. The number of para-hydroxylation sites is 2. The van der Waals surface area contributed by atoms with Crippen molar-refractivity contribution < 1.29 is 23.6 Å². The summed E-state index contributed by atoms with van der Waals surface area (Å²) in [6, 6.07) is 13.8. The number of nitrogens with one attached hydrogen (secondary N) is 1. The highest BCUT2D eigenvalue weighted by molar-refractivity contribution is 5.95. The van der Waals surface area contributed by atoms with E-state index in [1.165, 1.54) is 0 Å². The van der Waals surface area contributed by atoms with E-state index < -0.39 is 11.8 Å². The van der Waals surface area contributed by atoms with Crippen molar-refractivity contribution in [1.29, 1.82) is 0 Å². The molecule has 2 amide bonds. The van der Waals surface area contributed by atoms with Crippen LogP contribution in [-0.4, -0.2) is 29.1 Å². The summed E-state index contributed by atoms with van der Waals surface area (Å²) in [7, 11) is 1.56. The van der Waals surface area contributed by atoms with Gasteiger partial charge in [0.15, 0.2) is 6.61 Å². The molecule has 0 atom stereocenters. The molecule has 2 aromatic carbocycles. The first-order valence-corrected chi connectivity index (χ1v) is 8.32. The fourth-order valence-electron chi connectivity index (χ4n) is 2.44. The number of rotatable bonds is 8. The van der Waals surface area contributed by atoms with Crippen LogP contribution < -0.4 is 20.5 Å². The Bertz CT molecular complexity index is 986. The van der Waals surface area contributed by atoms with Gasteiger partial charge < -0.3 is 25.0 Å². The lowest BCUT2D eigenvalue weighted by Crippen LogP contribution is -2.23. The molecular weight excluding hydrogens is 364 g/mol. The van der Waals surface area contributed by atoms with E-state index in [4.69, 9.17) is 19.7 Å². The molecule has 0 unspecified atom stereocenters. The van der Waals surface area contributed by atoms with Gasteiger partial charge in [-0.15, -0.1) is 0 Å². The van der Waals surface area contributed by atoms with Gasteiger partial charge in [-0.05, 0) is 18.2 Å². The van der Waals surface area contributed by atoms with Gasteiger partial charge in [-0.3, -0.25) is 9.59 Å². The third-order valence-corrected chi connectivity index (χ3v) is 3.80. The zero-order valence-corrected chi connectivity index (χ0v) is 15.0. The van der Waals surface area contributed by atoms with Crippen LogP contribution in [0.1, 0.15) is 32.4 Å². The Hall–Kier alpha value is -3.88. The quantitative estimate of drug-likeness (QED) is 0.606. The molecule has 0 aliphatic carbocycles. The van der Waals surface area contributed by atoms with E-state index in [9.17, 15) is 9.59 Å². The Balaban J connectivity index is 1.59. The van der Waals surface area contributed by atoms with Crippen molar-refractivity contribution >= 4 is 11.8 Å². The number of benzene rings is 2. The smallest absolute Gasteiger partial charge is 0.316 e. The normalized spacial score (nSPS) is 10.3. The lowest BCUT2D eigenvalue weighted by atomic mass is 10.2. The summed E-state index contributed by atoms with van der Waals surface area (Å²) < 4.78 is 15.7. The summed E-state index contributed by atoms with van der Waals surface area (Å²) in [5.74, 6) is -0.224. The maximum atomic E-state index is 12.2. The van der Waals surface area contributed by atoms with Gasteiger partial charge in [0.2, 0.25) is 5.82 Å². The van der Waals surface area contributed by atoms with Crippen molar-refractivity contribution in [2.24, 2.45) is 5.73 Å². The Labute approximate surface area is 160 Å². The predicted octanol–water partition coefficient (Wildman–Crippen LogP) is 1.69. The molecule has 28 heavy (non-hydrogen) atoms. The maximum absolute atomic E-state index is 12.2. The van der Waals surface area contributed by atoms with E-state index in [1.54, 1.807) is 37.4 Å². The molecular formula is C19H18N4O5. The molecule has 0 fully saturated rings. The van der Waals surface area contributed by atoms with E-state index in [-0.39, 0.29) is 30.4 Å². The van der Waals surface area contributed by atoms with Gasteiger partial charge in [0.1, 0.15) is 11.5 Å². The van der Waals surface area contributed by atoms with Gasteiger partial charge in [-0.25, -0.2) is 0 Å². The highest BCUT2D eigenvalue weighted by Crippen LogP contribution is 2.19. The first-order valence-electron chi connectivity index (χ1n) is 8.32. The molecule has 0 saturated heterocycles. The van der Waals surface area contributed by atoms with Crippen LogP contribution in [0.3, 0.4) is 0 Å². The number of aromatic nitrogens is 2. The second-order valence-corrected chi connectivity index (χ2v) is 5.66. The highest BCUT2D eigenvalue weighted by Gasteiger charge is 2.16. The van der Waals surface area contributed by atoms with Crippen molar-refractivity contribution in [3.05, 3.63) is 71.4 Å². The Morgan fingerprint density at radius 2 is 1.82 bits per heavy atom. The van der Waals surface area contributed by atoms with Crippen LogP contribution in [0.15, 0.2) is 53.1 Å². The molecule has 1 heterocycles. The third kappa shape index (κ3) is 4.44. The first-order chi connectivity index (χ1) is 13.6. The number of ether oxygens (including phenoxy) is 2. The molecule has 144 valence electrons. The van der Waals surface area contributed by atoms with Crippen LogP contribution >= 0.6 is 0 Å².